The van der Waals surface area contributed by atoms with Gasteiger partial charge in [-0.05, 0) is 31.2 Å². The van der Waals surface area contributed by atoms with E-state index < -0.39 is 5.97 Å². The van der Waals surface area contributed by atoms with Gasteiger partial charge in [0, 0.05) is 23.7 Å². The minimum Gasteiger partial charge on any atom is -0.478 e. The lowest BCUT2D eigenvalue weighted by molar-refractivity contribution is 0.0697. The van der Waals surface area contributed by atoms with Gasteiger partial charge >= 0.3 is 5.97 Å². The number of nitrogens with zero attached hydrogens (tertiary/aromatic N) is 4. The molecule has 3 rings (SSSR count). The first-order valence-electron chi connectivity index (χ1n) is 6.05. The van der Waals surface area contributed by atoms with Gasteiger partial charge < -0.3 is 5.11 Å². The van der Waals surface area contributed by atoms with Crippen LogP contribution < -0.4 is 0 Å². The number of aromatic carboxylic acids is 1. The topological polar surface area (TPSA) is 80.9 Å². The number of carbonyl (C=O) groups is 1. The van der Waals surface area contributed by atoms with Crippen molar-refractivity contribution in [2.75, 3.05) is 0 Å². The Kier molecular flexibility index (Phi) is 2.71. The third-order valence-electron chi connectivity index (χ3n) is 3.02. The Morgan fingerprint density at radius 2 is 2.10 bits per heavy atom. The molecule has 0 atom stereocenters. The van der Waals surface area contributed by atoms with Crippen LogP contribution in [0.25, 0.3) is 22.3 Å². The number of carboxylic acid groups (broad SMARTS) is 1. The summed E-state index contributed by atoms with van der Waals surface area (Å²) in [6, 6.07) is 6.73. The highest BCUT2D eigenvalue weighted by molar-refractivity contribution is 5.98. The third kappa shape index (κ3) is 2.01. The number of carboxylic acids is 1. The molecule has 0 aliphatic carbocycles. The number of aryl methyl sites for hydroxylation is 2. The predicted octanol–water partition coefficient (Wildman–Crippen LogP) is 2.04. The second-order valence-corrected chi connectivity index (χ2v) is 4.59. The molecule has 0 saturated heterocycles. The minimum absolute atomic E-state index is 0.223. The Morgan fingerprint density at radius 3 is 2.75 bits per heavy atom. The number of hydrogen-bond acceptors (Lipinski definition) is 4. The maximum atomic E-state index is 11.1. The van der Waals surface area contributed by atoms with Crippen molar-refractivity contribution in [3.05, 3.63) is 41.9 Å². The quantitative estimate of drug-likeness (QED) is 0.769. The highest BCUT2D eigenvalue weighted by Gasteiger charge is 2.12. The molecule has 0 fully saturated rings. The minimum atomic E-state index is -0.965. The molecule has 1 aromatic carbocycles. The van der Waals surface area contributed by atoms with Crippen LogP contribution in [0.5, 0.6) is 0 Å². The monoisotopic (exact) mass is 268 g/mol. The molecule has 0 spiro atoms. The molecule has 0 radical (unpaired) electrons. The summed E-state index contributed by atoms with van der Waals surface area (Å²) in [6.45, 7) is 1.89. The molecule has 0 aliphatic heterocycles. The summed E-state index contributed by atoms with van der Waals surface area (Å²) in [5.74, 6) is -0.405. The van der Waals surface area contributed by atoms with Crippen LogP contribution in [0.15, 0.2) is 30.6 Å². The van der Waals surface area contributed by atoms with E-state index in [1.165, 1.54) is 0 Å². The summed E-state index contributed by atoms with van der Waals surface area (Å²) < 4.78 is 1.61. The molecule has 0 bridgehead atoms. The standard InChI is InChI=1S/C14H12N4O2/c1-8-5-11(13-15-7-18(2)17-13)10-6-9(14(19)20)3-4-12(10)16-8/h3-7H,1-2H3,(H,19,20). The molecule has 2 aromatic heterocycles. The van der Waals surface area contributed by atoms with E-state index >= 15 is 0 Å². The molecule has 0 aliphatic rings. The Balaban J connectivity index is 2.33. The SMILES string of the molecule is Cc1cc(-c2ncn(C)n2)c2cc(C(=O)O)ccc2n1. The van der Waals surface area contributed by atoms with Crippen molar-refractivity contribution in [1.29, 1.82) is 0 Å². The van der Waals surface area contributed by atoms with Gasteiger partial charge in [0.1, 0.15) is 6.33 Å². The van der Waals surface area contributed by atoms with E-state index in [9.17, 15) is 4.79 Å². The number of hydrogen-bond donors (Lipinski definition) is 1. The van der Waals surface area contributed by atoms with Crippen LogP contribution in [0.4, 0.5) is 0 Å². The second kappa shape index (κ2) is 4.41. The first kappa shape index (κ1) is 12.3. The highest BCUT2D eigenvalue weighted by atomic mass is 16.4. The molecular weight excluding hydrogens is 256 g/mol. The zero-order valence-corrected chi connectivity index (χ0v) is 11.0. The Bertz CT molecular complexity index is 823. The van der Waals surface area contributed by atoms with Crippen molar-refractivity contribution in [3.8, 4) is 11.4 Å². The normalized spacial score (nSPS) is 10.9. The fraction of sp³-hybridized carbons (Fsp3) is 0.143. The van der Waals surface area contributed by atoms with Crippen LogP contribution in [0.2, 0.25) is 0 Å². The Morgan fingerprint density at radius 1 is 1.30 bits per heavy atom. The van der Waals surface area contributed by atoms with E-state index in [0.717, 1.165) is 22.2 Å². The lowest BCUT2D eigenvalue weighted by atomic mass is 10.0. The molecule has 6 heteroatoms. The van der Waals surface area contributed by atoms with Crippen molar-refractivity contribution in [2.45, 2.75) is 6.92 Å². The van der Waals surface area contributed by atoms with Crippen LogP contribution in [0.1, 0.15) is 16.1 Å². The average Bonchev–Trinajstić information content (AvgIpc) is 2.83. The van der Waals surface area contributed by atoms with Crippen molar-refractivity contribution in [2.24, 2.45) is 7.05 Å². The van der Waals surface area contributed by atoms with Gasteiger partial charge in [-0.15, -0.1) is 0 Å². The summed E-state index contributed by atoms with van der Waals surface area (Å²) in [6.07, 6.45) is 1.61. The van der Waals surface area contributed by atoms with Gasteiger partial charge in [-0.3, -0.25) is 9.67 Å². The van der Waals surface area contributed by atoms with Crippen LogP contribution in [-0.4, -0.2) is 30.8 Å². The number of fused-ring (bicyclic) bond motifs is 1. The zero-order chi connectivity index (χ0) is 14.3. The van der Waals surface area contributed by atoms with E-state index in [0.29, 0.717) is 5.82 Å². The molecule has 0 saturated carbocycles. The summed E-state index contributed by atoms with van der Waals surface area (Å²) >= 11 is 0. The fourth-order valence-electron chi connectivity index (χ4n) is 2.14. The Hall–Kier alpha value is -2.76. The molecule has 6 nitrogen and oxygen atoms in total. The lowest BCUT2D eigenvalue weighted by Gasteiger charge is -2.06. The first-order valence-corrected chi connectivity index (χ1v) is 6.05. The van der Waals surface area contributed by atoms with Gasteiger partial charge in [-0.2, -0.15) is 5.10 Å². The Labute approximate surface area is 114 Å². The van der Waals surface area contributed by atoms with Crippen LogP contribution in [-0.2, 0) is 7.05 Å². The summed E-state index contributed by atoms with van der Waals surface area (Å²) in [7, 11) is 1.79. The van der Waals surface area contributed by atoms with Gasteiger partial charge in [0.2, 0.25) is 0 Å². The van der Waals surface area contributed by atoms with Crippen LogP contribution in [0.3, 0.4) is 0 Å². The van der Waals surface area contributed by atoms with E-state index in [1.54, 1.807) is 36.3 Å². The summed E-state index contributed by atoms with van der Waals surface area (Å²) in [5, 5.41) is 14.1. The first-order chi connectivity index (χ1) is 9.54. The maximum Gasteiger partial charge on any atom is 0.335 e. The van der Waals surface area contributed by atoms with E-state index in [1.807, 2.05) is 13.0 Å². The van der Waals surface area contributed by atoms with Crippen molar-refractivity contribution >= 4 is 16.9 Å². The number of pyridine rings is 1. The number of aromatic nitrogens is 4. The van der Waals surface area contributed by atoms with E-state index in [4.69, 9.17) is 5.11 Å². The molecule has 2 heterocycles. The molecule has 0 unspecified atom stereocenters. The van der Waals surface area contributed by atoms with Crippen LogP contribution in [0, 0.1) is 6.92 Å². The molecule has 1 N–H and O–H groups in total. The van der Waals surface area contributed by atoms with E-state index in [-0.39, 0.29) is 5.56 Å². The third-order valence-corrected chi connectivity index (χ3v) is 3.02. The van der Waals surface area contributed by atoms with Gasteiger partial charge in [0.15, 0.2) is 5.82 Å². The molecule has 100 valence electrons. The lowest BCUT2D eigenvalue weighted by Crippen LogP contribution is -1.98. The summed E-state index contributed by atoms with van der Waals surface area (Å²) in [4.78, 5) is 19.7. The van der Waals surface area contributed by atoms with Crippen LogP contribution >= 0.6 is 0 Å². The van der Waals surface area contributed by atoms with Crippen molar-refractivity contribution in [1.82, 2.24) is 19.7 Å². The van der Waals surface area contributed by atoms with Gasteiger partial charge in [-0.25, -0.2) is 9.78 Å². The molecular formula is C14H12N4O2. The van der Waals surface area contributed by atoms with Gasteiger partial charge in [0.05, 0.1) is 11.1 Å². The van der Waals surface area contributed by atoms with Gasteiger partial charge in [-0.1, -0.05) is 0 Å². The number of benzene rings is 1. The van der Waals surface area contributed by atoms with Crippen molar-refractivity contribution in [3.63, 3.8) is 0 Å². The molecule has 20 heavy (non-hydrogen) atoms. The predicted molar refractivity (Wildman–Crippen MR) is 73.4 cm³/mol. The second-order valence-electron chi connectivity index (χ2n) is 4.59. The van der Waals surface area contributed by atoms with E-state index in [2.05, 4.69) is 15.1 Å². The largest absolute Gasteiger partial charge is 0.478 e. The maximum absolute atomic E-state index is 11.1. The average molecular weight is 268 g/mol. The summed E-state index contributed by atoms with van der Waals surface area (Å²) in [5.41, 5.74) is 2.58. The molecule has 0 amide bonds. The smallest absolute Gasteiger partial charge is 0.335 e. The zero-order valence-electron chi connectivity index (χ0n) is 11.0. The number of rotatable bonds is 2. The highest BCUT2D eigenvalue weighted by Crippen LogP contribution is 2.27. The molecule has 3 aromatic rings. The fourth-order valence-corrected chi connectivity index (χ4v) is 2.14. The van der Waals surface area contributed by atoms with Gasteiger partial charge in [0.25, 0.3) is 0 Å². The van der Waals surface area contributed by atoms with Crippen molar-refractivity contribution < 1.29 is 9.90 Å².